The second kappa shape index (κ2) is 6.72. The zero-order chi connectivity index (χ0) is 18.0. The van der Waals surface area contributed by atoms with E-state index < -0.39 is 0 Å². The van der Waals surface area contributed by atoms with Gasteiger partial charge in [0.25, 0.3) is 11.5 Å². The van der Waals surface area contributed by atoms with Crippen molar-refractivity contribution in [3.05, 3.63) is 69.8 Å². The van der Waals surface area contributed by atoms with Crippen molar-refractivity contribution >= 4 is 5.91 Å². The summed E-state index contributed by atoms with van der Waals surface area (Å²) in [5, 5.41) is 11.3. The van der Waals surface area contributed by atoms with Crippen LogP contribution >= 0.6 is 0 Å². The maximum absolute atomic E-state index is 12.3. The maximum Gasteiger partial charge on any atom is 0.266 e. The number of carbonyl (C=O) groups is 1. The summed E-state index contributed by atoms with van der Waals surface area (Å²) in [5.41, 5.74) is 3.82. The SMILES string of the molecule is Cc1nn(C)cc1CNC(=O)c1ccc(-c2ccc(=O)n(C)n2)cc1. The van der Waals surface area contributed by atoms with Crippen molar-refractivity contribution in [3.8, 4) is 11.3 Å². The van der Waals surface area contributed by atoms with Crippen LogP contribution in [0.2, 0.25) is 0 Å². The summed E-state index contributed by atoms with van der Waals surface area (Å²) in [6, 6.07) is 10.3. The number of rotatable bonds is 4. The molecule has 7 heteroatoms. The lowest BCUT2D eigenvalue weighted by molar-refractivity contribution is 0.0951. The van der Waals surface area contributed by atoms with E-state index in [4.69, 9.17) is 0 Å². The number of benzene rings is 1. The first-order valence-electron chi connectivity index (χ1n) is 7.86. The van der Waals surface area contributed by atoms with Crippen molar-refractivity contribution in [1.29, 1.82) is 0 Å². The van der Waals surface area contributed by atoms with Crippen molar-refractivity contribution in [2.75, 3.05) is 0 Å². The van der Waals surface area contributed by atoms with Crippen LogP contribution in [0.25, 0.3) is 11.3 Å². The summed E-state index contributed by atoms with van der Waals surface area (Å²) in [5.74, 6) is -0.150. The number of aryl methyl sites for hydroxylation is 3. The number of nitrogens with zero attached hydrogens (tertiary/aromatic N) is 4. The lowest BCUT2D eigenvalue weighted by Gasteiger charge is -2.06. The third-order valence-electron chi connectivity index (χ3n) is 3.96. The molecule has 0 aliphatic heterocycles. The molecule has 0 unspecified atom stereocenters. The fraction of sp³-hybridized carbons (Fsp3) is 0.222. The lowest BCUT2D eigenvalue weighted by atomic mass is 10.1. The van der Waals surface area contributed by atoms with Crippen molar-refractivity contribution in [2.24, 2.45) is 14.1 Å². The van der Waals surface area contributed by atoms with Crippen LogP contribution in [0, 0.1) is 6.92 Å². The van der Waals surface area contributed by atoms with Crippen LogP contribution in [0.4, 0.5) is 0 Å². The van der Waals surface area contributed by atoms with Crippen molar-refractivity contribution in [2.45, 2.75) is 13.5 Å². The maximum atomic E-state index is 12.3. The largest absolute Gasteiger partial charge is 0.348 e. The molecule has 0 fully saturated rings. The number of amides is 1. The first-order valence-corrected chi connectivity index (χ1v) is 7.86. The Labute approximate surface area is 144 Å². The zero-order valence-electron chi connectivity index (χ0n) is 14.4. The van der Waals surface area contributed by atoms with E-state index in [9.17, 15) is 9.59 Å². The Morgan fingerprint density at radius 2 is 1.80 bits per heavy atom. The van der Waals surface area contributed by atoms with Crippen LogP contribution in [0.3, 0.4) is 0 Å². The highest BCUT2D eigenvalue weighted by Gasteiger charge is 2.09. The molecule has 0 aliphatic carbocycles. The molecule has 25 heavy (non-hydrogen) atoms. The van der Waals surface area contributed by atoms with E-state index in [2.05, 4.69) is 15.5 Å². The summed E-state index contributed by atoms with van der Waals surface area (Å²) in [6.07, 6.45) is 1.89. The van der Waals surface area contributed by atoms with E-state index in [1.807, 2.05) is 32.3 Å². The van der Waals surface area contributed by atoms with Gasteiger partial charge >= 0.3 is 0 Å². The first kappa shape index (κ1) is 16.6. The van der Waals surface area contributed by atoms with Crippen LogP contribution in [-0.4, -0.2) is 25.5 Å². The number of nitrogens with one attached hydrogen (secondary N) is 1. The van der Waals surface area contributed by atoms with Gasteiger partial charge in [-0.05, 0) is 25.1 Å². The molecule has 0 atom stereocenters. The average molecular weight is 337 g/mol. The number of hydrogen-bond donors (Lipinski definition) is 1. The highest BCUT2D eigenvalue weighted by molar-refractivity contribution is 5.94. The minimum absolute atomic E-state index is 0.150. The first-order chi connectivity index (χ1) is 11.9. The molecule has 1 aromatic carbocycles. The second-order valence-corrected chi connectivity index (χ2v) is 5.85. The zero-order valence-corrected chi connectivity index (χ0v) is 14.4. The Morgan fingerprint density at radius 1 is 1.08 bits per heavy atom. The van der Waals surface area contributed by atoms with Crippen molar-refractivity contribution < 1.29 is 4.79 Å². The van der Waals surface area contributed by atoms with Crippen LogP contribution in [0.15, 0.2) is 47.4 Å². The minimum Gasteiger partial charge on any atom is -0.348 e. The van der Waals surface area contributed by atoms with Gasteiger partial charge in [0.05, 0.1) is 11.4 Å². The number of carbonyl (C=O) groups excluding carboxylic acids is 1. The molecule has 0 saturated carbocycles. The summed E-state index contributed by atoms with van der Waals surface area (Å²) in [6.45, 7) is 2.35. The molecule has 1 amide bonds. The fourth-order valence-corrected chi connectivity index (χ4v) is 2.55. The van der Waals surface area contributed by atoms with Gasteiger partial charge in [-0.3, -0.25) is 14.3 Å². The Balaban J connectivity index is 1.71. The van der Waals surface area contributed by atoms with E-state index >= 15 is 0 Å². The van der Waals surface area contributed by atoms with E-state index in [0.717, 1.165) is 16.8 Å². The summed E-state index contributed by atoms with van der Waals surface area (Å²) in [7, 11) is 3.46. The molecule has 3 aromatic rings. The number of aromatic nitrogens is 4. The molecule has 2 aromatic heterocycles. The molecular weight excluding hydrogens is 318 g/mol. The number of hydrogen-bond acceptors (Lipinski definition) is 4. The van der Waals surface area contributed by atoms with Crippen molar-refractivity contribution in [3.63, 3.8) is 0 Å². The molecule has 0 bridgehead atoms. The Morgan fingerprint density at radius 3 is 2.40 bits per heavy atom. The van der Waals surface area contributed by atoms with Gasteiger partial charge in [-0.25, -0.2) is 4.68 Å². The summed E-state index contributed by atoms with van der Waals surface area (Å²) < 4.78 is 3.01. The highest BCUT2D eigenvalue weighted by atomic mass is 16.1. The smallest absolute Gasteiger partial charge is 0.266 e. The van der Waals surface area contributed by atoms with Crippen LogP contribution in [0.5, 0.6) is 0 Å². The Kier molecular flexibility index (Phi) is 4.47. The van der Waals surface area contributed by atoms with Gasteiger partial charge in [0.15, 0.2) is 0 Å². The lowest BCUT2D eigenvalue weighted by Crippen LogP contribution is -2.22. The predicted molar refractivity (Wildman–Crippen MR) is 94.0 cm³/mol. The van der Waals surface area contributed by atoms with Crippen LogP contribution < -0.4 is 10.9 Å². The highest BCUT2D eigenvalue weighted by Crippen LogP contribution is 2.16. The third kappa shape index (κ3) is 3.65. The molecular formula is C18H19N5O2. The van der Waals surface area contributed by atoms with Gasteiger partial charge in [0, 0.05) is 49.6 Å². The quantitative estimate of drug-likeness (QED) is 0.781. The van der Waals surface area contributed by atoms with E-state index in [1.165, 1.54) is 10.7 Å². The molecule has 0 aliphatic rings. The van der Waals surface area contributed by atoms with Gasteiger partial charge in [-0.1, -0.05) is 12.1 Å². The normalized spacial score (nSPS) is 10.7. The van der Waals surface area contributed by atoms with Gasteiger partial charge in [0.1, 0.15) is 0 Å². The molecule has 128 valence electrons. The molecule has 3 rings (SSSR count). The van der Waals surface area contributed by atoms with Crippen molar-refractivity contribution in [1.82, 2.24) is 24.9 Å². The summed E-state index contributed by atoms with van der Waals surface area (Å²) >= 11 is 0. The molecule has 0 saturated heterocycles. The van der Waals surface area contributed by atoms with Crippen LogP contribution in [0.1, 0.15) is 21.6 Å². The standard InChI is InChI=1S/C18H19N5O2/c1-12-15(11-22(2)20-12)10-19-18(25)14-6-4-13(5-7-14)16-8-9-17(24)23(3)21-16/h4-9,11H,10H2,1-3H3,(H,19,25). The molecule has 2 heterocycles. The van der Waals surface area contributed by atoms with Gasteiger partial charge in [-0.15, -0.1) is 0 Å². The molecule has 1 N–H and O–H groups in total. The third-order valence-corrected chi connectivity index (χ3v) is 3.96. The fourth-order valence-electron chi connectivity index (χ4n) is 2.55. The minimum atomic E-state index is -0.162. The predicted octanol–water partition coefficient (Wildman–Crippen LogP) is 1.42. The molecule has 7 nitrogen and oxygen atoms in total. The second-order valence-electron chi connectivity index (χ2n) is 5.85. The van der Waals surface area contributed by atoms with Gasteiger partial charge in [-0.2, -0.15) is 10.2 Å². The average Bonchev–Trinajstić information content (AvgIpc) is 2.93. The Bertz CT molecular complexity index is 970. The van der Waals surface area contributed by atoms with E-state index in [0.29, 0.717) is 17.8 Å². The van der Waals surface area contributed by atoms with Gasteiger partial charge in [0.2, 0.25) is 0 Å². The Hall–Kier alpha value is -3.22. The molecule has 0 spiro atoms. The monoisotopic (exact) mass is 337 g/mol. The topological polar surface area (TPSA) is 81.8 Å². The molecule has 0 radical (unpaired) electrons. The van der Waals surface area contributed by atoms with E-state index in [1.54, 1.807) is 29.9 Å². The van der Waals surface area contributed by atoms with Crippen LogP contribution in [-0.2, 0) is 20.6 Å². The van der Waals surface area contributed by atoms with Gasteiger partial charge < -0.3 is 5.32 Å². The summed E-state index contributed by atoms with van der Waals surface area (Å²) in [4.78, 5) is 23.7. The van der Waals surface area contributed by atoms with E-state index in [-0.39, 0.29) is 11.5 Å².